The van der Waals surface area contributed by atoms with Gasteiger partial charge in [0.05, 0.1) is 10.2 Å². The van der Waals surface area contributed by atoms with Crippen LogP contribution < -0.4 is 15.8 Å². The topological polar surface area (TPSA) is 64.3 Å². The molecule has 3 N–H and O–H groups in total. The SMILES string of the molecule is Nc1cc(F)cc(Br)c1OCC(=O)Nc1cccc(Cl)c1. The number of anilines is 2. The number of hydrogen-bond acceptors (Lipinski definition) is 3. The number of ether oxygens (including phenoxy) is 1. The predicted octanol–water partition coefficient (Wildman–Crippen LogP) is 3.84. The zero-order chi connectivity index (χ0) is 15.4. The standard InChI is InChI=1S/C14H11BrClFN2O2/c15-11-5-9(17)6-12(18)14(11)21-7-13(20)19-10-3-1-2-8(16)4-10/h1-6H,7,18H2,(H,19,20). The van der Waals surface area contributed by atoms with Gasteiger partial charge in [-0.05, 0) is 40.2 Å². The first-order chi connectivity index (χ1) is 9.95. The number of halogens is 3. The van der Waals surface area contributed by atoms with Gasteiger partial charge in [0.1, 0.15) is 5.82 Å². The molecule has 0 heterocycles. The van der Waals surface area contributed by atoms with Crippen molar-refractivity contribution < 1.29 is 13.9 Å². The Labute approximate surface area is 134 Å². The number of nitrogens with two attached hydrogens (primary N) is 1. The fourth-order valence-electron chi connectivity index (χ4n) is 1.63. The van der Waals surface area contributed by atoms with Gasteiger partial charge in [-0.3, -0.25) is 4.79 Å². The minimum absolute atomic E-state index is 0.109. The van der Waals surface area contributed by atoms with E-state index in [4.69, 9.17) is 22.1 Å². The molecular formula is C14H11BrClFN2O2. The van der Waals surface area contributed by atoms with Crippen LogP contribution >= 0.6 is 27.5 Å². The van der Waals surface area contributed by atoms with E-state index in [1.165, 1.54) is 6.07 Å². The summed E-state index contributed by atoms with van der Waals surface area (Å²) in [5, 5.41) is 3.14. The van der Waals surface area contributed by atoms with Crippen LogP contribution in [0.3, 0.4) is 0 Å². The van der Waals surface area contributed by atoms with Crippen molar-refractivity contribution in [2.75, 3.05) is 17.7 Å². The second-order valence-electron chi connectivity index (χ2n) is 4.15. The number of nitrogens with one attached hydrogen (secondary N) is 1. The second-order valence-corrected chi connectivity index (χ2v) is 5.44. The van der Waals surface area contributed by atoms with Crippen LogP contribution in [0.2, 0.25) is 5.02 Å². The Bertz CT molecular complexity index is 659. The van der Waals surface area contributed by atoms with Crippen LogP contribution in [0.25, 0.3) is 0 Å². The molecule has 0 saturated heterocycles. The molecule has 0 aliphatic carbocycles. The van der Waals surface area contributed by atoms with Crippen LogP contribution in [0.5, 0.6) is 5.75 Å². The Kier molecular flexibility index (Phi) is 5.03. The molecule has 1 amide bonds. The summed E-state index contributed by atoms with van der Waals surface area (Å²) >= 11 is 8.95. The van der Waals surface area contributed by atoms with Crippen LogP contribution in [0, 0.1) is 5.82 Å². The van der Waals surface area contributed by atoms with Crippen molar-refractivity contribution >= 4 is 44.8 Å². The number of carbonyl (C=O) groups is 1. The van der Waals surface area contributed by atoms with E-state index in [2.05, 4.69) is 21.2 Å². The van der Waals surface area contributed by atoms with Gasteiger partial charge in [-0.2, -0.15) is 0 Å². The third-order valence-corrected chi connectivity index (χ3v) is 3.32. The summed E-state index contributed by atoms with van der Waals surface area (Å²) in [4.78, 5) is 11.8. The molecule has 0 aromatic heterocycles. The Hall–Kier alpha value is -1.79. The number of hydrogen-bond donors (Lipinski definition) is 2. The summed E-state index contributed by atoms with van der Waals surface area (Å²) in [6.07, 6.45) is 0. The molecule has 110 valence electrons. The van der Waals surface area contributed by atoms with Crippen molar-refractivity contribution in [3.8, 4) is 5.75 Å². The Balaban J connectivity index is 1.99. The Morgan fingerprint density at radius 2 is 2.14 bits per heavy atom. The minimum Gasteiger partial charge on any atom is -0.480 e. The lowest BCUT2D eigenvalue weighted by molar-refractivity contribution is -0.118. The van der Waals surface area contributed by atoms with Crippen LogP contribution in [-0.4, -0.2) is 12.5 Å². The summed E-state index contributed by atoms with van der Waals surface area (Å²) in [5.41, 5.74) is 6.30. The molecule has 0 fully saturated rings. The third-order valence-electron chi connectivity index (χ3n) is 2.49. The van der Waals surface area contributed by atoms with Crippen LogP contribution in [0.1, 0.15) is 0 Å². The first-order valence-electron chi connectivity index (χ1n) is 5.88. The highest BCUT2D eigenvalue weighted by molar-refractivity contribution is 9.10. The molecule has 0 spiro atoms. The Morgan fingerprint density at radius 3 is 2.81 bits per heavy atom. The molecule has 0 unspecified atom stereocenters. The lowest BCUT2D eigenvalue weighted by atomic mass is 10.3. The van der Waals surface area contributed by atoms with Crippen molar-refractivity contribution in [1.82, 2.24) is 0 Å². The maximum absolute atomic E-state index is 13.1. The number of amides is 1. The first kappa shape index (κ1) is 15.6. The van der Waals surface area contributed by atoms with E-state index in [1.807, 2.05) is 0 Å². The first-order valence-corrected chi connectivity index (χ1v) is 7.05. The van der Waals surface area contributed by atoms with E-state index in [0.717, 1.165) is 6.07 Å². The fraction of sp³-hybridized carbons (Fsp3) is 0.0714. The summed E-state index contributed by atoms with van der Waals surface area (Å²) in [7, 11) is 0. The lowest BCUT2D eigenvalue weighted by Crippen LogP contribution is -2.20. The zero-order valence-electron chi connectivity index (χ0n) is 10.7. The van der Waals surface area contributed by atoms with E-state index in [-0.39, 0.29) is 24.0 Å². The highest BCUT2D eigenvalue weighted by Crippen LogP contribution is 2.32. The number of benzene rings is 2. The van der Waals surface area contributed by atoms with E-state index in [1.54, 1.807) is 24.3 Å². The zero-order valence-corrected chi connectivity index (χ0v) is 13.0. The summed E-state index contributed by atoms with van der Waals surface area (Å²) in [6.45, 7) is -0.263. The van der Waals surface area contributed by atoms with Gasteiger partial charge in [-0.25, -0.2) is 4.39 Å². The molecule has 0 saturated carbocycles. The van der Waals surface area contributed by atoms with Gasteiger partial charge in [0, 0.05) is 16.8 Å². The number of rotatable bonds is 4. The summed E-state index contributed by atoms with van der Waals surface area (Å²) < 4.78 is 18.7. The maximum atomic E-state index is 13.1. The largest absolute Gasteiger partial charge is 0.480 e. The fourth-order valence-corrected chi connectivity index (χ4v) is 2.39. The third kappa shape index (κ3) is 4.34. The van der Waals surface area contributed by atoms with E-state index >= 15 is 0 Å². The van der Waals surface area contributed by atoms with Crippen LogP contribution in [-0.2, 0) is 4.79 Å². The van der Waals surface area contributed by atoms with Gasteiger partial charge in [-0.15, -0.1) is 0 Å². The highest BCUT2D eigenvalue weighted by Gasteiger charge is 2.11. The van der Waals surface area contributed by atoms with Gasteiger partial charge in [-0.1, -0.05) is 17.7 Å². The average molecular weight is 374 g/mol. The highest BCUT2D eigenvalue weighted by atomic mass is 79.9. The van der Waals surface area contributed by atoms with E-state index in [0.29, 0.717) is 15.2 Å². The number of carbonyl (C=O) groups excluding carboxylic acids is 1. The van der Waals surface area contributed by atoms with E-state index < -0.39 is 5.82 Å². The molecule has 2 aromatic carbocycles. The molecule has 0 aliphatic rings. The molecule has 2 aromatic rings. The molecule has 0 bridgehead atoms. The molecule has 2 rings (SSSR count). The molecule has 4 nitrogen and oxygen atoms in total. The average Bonchev–Trinajstić information content (AvgIpc) is 2.37. The van der Waals surface area contributed by atoms with Crippen molar-refractivity contribution in [3.05, 3.63) is 51.7 Å². The van der Waals surface area contributed by atoms with Crippen molar-refractivity contribution in [2.45, 2.75) is 0 Å². The number of nitrogen functional groups attached to an aromatic ring is 1. The molecular weight excluding hydrogens is 363 g/mol. The van der Waals surface area contributed by atoms with Crippen molar-refractivity contribution in [1.29, 1.82) is 0 Å². The van der Waals surface area contributed by atoms with Crippen LogP contribution in [0.15, 0.2) is 40.9 Å². The van der Waals surface area contributed by atoms with Gasteiger partial charge in [0.2, 0.25) is 0 Å². The monoisotopic (exact) mass is 372 g/mol. The molecule has 0 aliphatic heterocycles. The maximum Gasteiger partial charge on any atom is 0.262 e. The summed E-state index contributed by atoms with van der Waals surface area (Å²) in [6, 6.07) is 9.06. The normalized spacial score (nSPS) is 10.2. The van der Waals surface area contributed by atoms with Crippen molar-refractivity contribution in [3.63, 3.8) is 0 Å². The van der Waals surface area contributed by atoms with Gasteiger partial charge < -0.3 is 15.8 Å². The predicted molar refractivity (Wildman–Crippen MR) is 84.1 cm³/mol. The van der Waals surface area contributed by atoms with Gasteiger partial charge >= 0.3 is 0 Å². The molecule has 0 atom stereocenters. The van der Waals surface area contributed by atoms with Gasteiger partial charge in [0.15, 0.2) is 12.4 Å². The molecule has 21 heavy (non-hydrogen) atoms. The van der Waals surface area contributed by atoms with Crippen molar-refractivity contribution in [2.24, 2.45) is 0 Å². The molecule has 7 heteroatoms. The smallest absolute Gasteiger partial charge is 0.262 e. The minimum atomic E-state index is -0.491. The Morgan fingerprint density at radius 1 is 1.38 bits per heavy atom. The summed E-state index contributed by atoms with van der Waals surface area (Å²) in [5.74, 6) is -0.652. The molecule has 0 radical (unpaired) electrons. The second kappa shape index (κ2) is 6.78. The van der Waals surface area contributed by atoms with Gasteiger partial charge in [0.25, 0.3) is 5.91 Å². The van der Waals surface area contributed by atoms with E-state index in [9.17, 15) is 9.18 Å². The van der Waals surface area contributed by atoms with Crippen LogP contribution in [0.4, 0.5) is 15.8 Å². The quantitative estimate of drug-likeness (QED) is 0.800. The lowest BCUT2D eigenvalue weighted by Gasteiger charge is -2.11.